The van der Waals surface area contributed by atoms with Crippen molar-refractivity contribution in [1.82, 2.24) is 5.32 Å². The van der Waals surface area contributed by atoms with Crippen LogP contribution in [0.4, 0.5) is 14.5 Å². The number of halogens is 2. The minimum atomic E-state index is -4.18. The lowest BCUT2D eigenvalue weighted by Crippen LogP contribution is -2.40. The van der Waals surface area contributed by atoms with Crippen molar-refractivity contribution in [1.29, 1.82) is 0 Å². The SMILES string of the molecule is Cc1ccc(CNC(=O)CN(c2ccc(F)cc2)S(=O)(=O)c2ccc(F)cc2)cc1. The van der Waals surface area contributed by atoms with E-state index >= 15 is 0 Å². The fourth-order valence-electron chi connectivity index (χ4n) is 2.75. The first-order valence-corrected chi connectivity index (χ1v) is 10.6. The van der Waals surface area contributed by atoms with Crippen molar-refractivity contribution < 1.29 is 22.0 Å². The van der Waals surface area contributed by atoms with Crippen molar-refractivity contribution in [2.45, 2.75) is 18.4 Å². The van der Waals surface area contributed by atoms with Gasteiger partial charge in [-0.3, -0.25) is 9.10 Å². The van der Waals surface area contributed by atoms with Crippen LogP contribution in [0, 0.1) is 18.6 Å². The van der Waals surface area contributed by atoms with Crippen molar-refractivity contribution in [2.24, 2.45) is 0 Å². The van der Waals surface area contributed by atoms with Gasteiger partial charge in [0, 0.05) is 6.54 Å². The molecule has 0 fully saturated rings. The Morgan fingerprint density at radius 3 is 1.97 bits per heavy atom. The predicted molar refractivity (Wildman–Crippen MR) is 110 cm³/mol. The van der Waals surface area contributed by atoms with E-state index in [1.807, 2.05) is 31.2 Å². The van der Waals surface area contributed by atoms with Gasteiger partial charge < -0.3 is 5.32 Å². The zero-order valence-electron chi connectivity index (χ0n) is 16.2. The van der Waals surface area contributed by atoms with Crippen LogP contribution in [0.5, 0.6) is 0 Å². The van der Waals surface area contributed by atoms with E-state index < -0.39 is 34.1 Å². The molecule has 0 heterocycles. The second-order valence-corrected chi connectivity index (χ2v) is 8.57. The number of aryl methyl sites for hydroxylation is 1. The Labute approximate surface area is 174 Å². The average Bonchev–Trinajstić information content (AvgIpc) is 2.72. The fourth-order valence-corrected chi connectivity index (χ4v) is 4.17. The molecule has 3 aromatic rings. The summed E-state index contributed by atoms with van der Waals surface area (Å²) < 4.78 is 53.6. The quantitative estimate of drug-likeness (QED) is 0.620. The van der Waals surface area contributed by atoms with Crippen LogP contribution >= 0.6 is 0 Å². The van der Waals surface area contributed by atoms with Gasteiger partial charge in [0.2, 0.25) is 5.91 Å². The van der Waals surface area contributed by atoms with Gasteiger partial charge in [0.25, 0.3) is 10.0 Å². The molecule has 0 spiro atoms. The number of rotatable bonds is 7. The molecule has 0 bridgehead atoms. The van der Waals surface area contributed by atoms with E-state index in [9.17, 15) is 22.0 Å². The van der Waals surface area contributed by atoms with Gasteiger partial charge in [-0.05, 0) is 61.0 Å². The number of benzene rings is 3. The number of carbonyl (C=O) groups excluding carboxylic acids is 1. The van der Waals surface area contributed by atoms with Gasteiger partial charge in [-0.1, -0.05) is 29.8 Å². The Morgan fingerprint density at radius 2 is 1.40 bits per heavy atom. The third-order valence-electron chi connectivity index (χ3n) is 4.41. The topological polar surface area (TPSA) is 66.5 Å². The molecule has 30 heavy (non-hydrogen) atoms. The molecule has 0 atom stereocenters. The highest BCUT2D eigenvalue weighted by molar-refractivity contribution is 7.92. The number of nitrogens with one attached hydrogen (secondary N) is 1. The molecule has 1 N–H and O–H groups in total. The summed E-state index contributed by atoms with van der Waals surface area (Å²) in [5.74, 6) is -1.66. The normalized spacial score (nSPS) is 11.2. The van der Waals surface area contributed by atoms with Crippen LogP contribution in [-0.2, 0) is 21.4 Å². The predicted octanol–water partition coefficient (Wildman–Crippen LogP) is 3.78. The summed E-state index contributed by atoms with van der Waals surface area (Å²) in [5, 5.41) is 2.68. The van der Waals surface area contributed by atoms with Crippen LogP contribution in [-0.4, -0.2) is 20.9 Å². The van der Waals surface area contributed by atoms with E-state index in [2.05, 4.69) is 5.32 Å². The van der Waals surface area contributed by atoms with Crippen molar-refractivity contribution >= 4 is 21.6 Å². The molecule has 5 nitrogen and oxygen atoms in total. The number of hydrogen-bond acceptors (Lipinski definition) is 3. The lowest BCUT2D eigenvalue weighted by molar-refractivity contribution is -0.119. The lowest BCUT2D eigenvalue weighted by Gasteiger charge is -2.24. The minimum Gasteiger partial charge on any atom is -0.350 e. The van der Waals surface area contributed by atoms with Crippen LogP contribution in [0.2, 0.25) is 0 Å². The Hall–Kier alpha value is -3.26. The van der Waals surface area contributed by atoms with Gasteiger partial charge >= 0.3 is 0 Å². The molecule has 0 saturated carbocycles. The Kier molecular flexibility index (Phi) is 6.47. The Balaban J connectivity index is 1.84. The molecular formula is C22H20F2N2O3S. The maximum Gasteiger partial charge on any atom is 0.264 e. The molecule has 0 aliphatic heterocycles. The maximum atomic E-state index is 13.3. The average molecular weight is 430 g/mol. The van der Waals surface area contributed by atoms with Gasteiger partial charge in [-0.15, -0.1) is 0 Å². The first-order valence-electron chi connectivity index (χ1n) is 9.12. The number of carbonyl (C=O) groups is 1. The molecule has 156 valence electrons. The number of anilines is 1. The zero-order valence-corrected chi connectivity index (χ0v) is 17.0. The van der Waals surface area contributed by atoms with Crippen LogP contribution in [0.25, 0.3) is 0 Å². The van der Waals surface area contributed by atoms with Gasteiger partial charge in [-0.2, -0.15) is 0 Å². The van der Waals surface area contributed by atoms with E-state index in [1.165, 1.54) is 12.1 Å². The molecule has 0 aliphatic carbocycles. The molecule has 8 heteroatoms. The highest BCUT2D eigenvalue weighted by Crippen LogP contribution is 2.24. The number of amides is 1. The van der Waals surface area contributed by atoms with E-state index in [4.69, 9.17) is 0 Å². The second kappa shape index (κ2) is 9.04. The molecule has 0 aromatic heterocycles. The highest BCUT2D eigenvalue weighted by atomic mass is 32.2. The van der Waals surface area contributed by atoms with Gasteiger partial charge in [0.15, 0.2) is 0 Å². The first kappa shape index (κ1) is 21.4. The molecule has 1 amide bonds. The summed E-state index contributed by atoms with van der Waals surface area (Å²) in [5.41, 5.74) is 2.06. The van der Waals surface area contributed by atoms with Crippen molar-refractivity contribution in [3.63, 3.8) is 0 Å². The van der Waals surface area contributed by atoms with Crippen LogP contribution in [0.15, 0.2) is 77.7 Å². The van der Waals surface area contributed by atoms with Crippen LogP contribution < -0.4 is 9.62 Å². The van der Waals surface area contributed by atoms with E-state index in [0.29, 0.717) is 0 Å². The molecule has 3 aromatic carbocycles. The van der Waals surface area contributed by atoms with Crippen molar-refractivity contribution in [2.75, 3.05) is 10.8 Å². The zero-order chi connectivity index (χ0) is 21.7. The fraction of sp³-hybridized carbons (Fsp3) is 0.136. The smallest absolute Gasteiger partial charge is 0.264 e. The van der Waals surface area contributed by atoms with Crippen LogP contribution in [0.1, 0.15) is 11.1 Å². The third kappa shape index (κ3) is 5.21. The summed E-state index contributed by atoms with van der Waals surface area (Å²) in [6.45, 7) is 1.66. The number of hydrogen-bond donors (Lipinski definition) is 1. The van der Waals surface area contributed by atoms with Gasteiger partial charge in [0.1, 0.15) is 18.2 Å². The van der Waals surface area contributed by atoms with Crippen LogP contribution in [0.3, 0.4) is 0 Å². The summed E-state index contributed by atoms with van der Waals surface area (Å²) in [6.07, 6.45) is 0. The monoisotopic (exact) mass is 430 g/mol. The molecule has 3 rings (SSSR count). The molecular weight excluding hydrogens is 410 g/mol. The standard InChI is InChI=1S/C22H20F2N2O3S/c1-16-2-4-17(5-3-16)14-25-22(27)15-26(20-10-6-18(23)7-11-20)30(28,29)21-12-8-19(24)9-13-21/h2-13H,14-15H2,1H3,(H,25,27). The number of sulfonamides is 1. The molecule has 0 unspecified atom stereocenters. The molecule has 0 aliphatic rings. The highest BCUT2D eigenvalue weighted by Gasteiger charge is 2.27. The summed E-state index contributed by atoms with van der Waals surface area (Å²) in [4.78, 5) is 12.3. The minimum absolute atomic E-state index is 0.117. The summed E-state index contributed by atoms with van der Waals surface area (Å²) in [6, 6.07) is 16.6. The number of nitrogens with zero attached hydrogens (tertiary/aromatic N) is 1. The lowest BCUT2D eigenvalue weighted by atomic mass is 10.1. The van der Waals surface area contributed by atoms with E-state index in [0.717, 1.165) is 51.8 Å². The van der Waals surface area contributed by atoms with Gasteiger partial charge in [0.05, 0.1) is 10.6 Å². The Morgan fingerprint density at radius 1 is 0.867 bits per heavy atom. The summed E-state index contributed by atoms with van der Waals surface area (Å²) >= 11 is 0. The van der Waals surface area contributed by atoms with E-state index in [-0.39, 0.29) is 17.1 Å². The molecule has 0 radical (unpaired) electrons. The van der Waals surface area contributed by atoms with Crippen molar-refractivity contribution in [3.05, 3.63) is 95.6 Å². The second-order valence-electron chi connectivity index (χ2n) is 6.70. The van der Waals surface area contributed by atoms with E-state index in [1.54, 1.807) is 0 Å². The first-order chi connectivity index (χ1) is 14.3. The largest absolute Gasteiger partial charge is 0.350 e. The Bertz CT molecular complexity index is 1110. The maximum absolute atomic E-state index is 13.3. The third-order valence-corrected chi connectivity index (χ3v) is 6.20. The van der Waals surface area contributed by atoms with Crippen molar-refractivity contribution in [3.8, 4) is 0 Å². The molecule has 0 saturated heterocycles. The van der Waals surface area contributed by atoms with Gasteiger partial charge in [-0.25, -0.2) is 17.2 Å². The summed E-state index contributed by atoms with van der Waals surface area (Å²) in [7, 11) is -4.18.